The Morgan fingerprint density at radius 3 is 2.76 bits per heavy atom. The van der Waals surface area contributed by atoms with Crippen LogP contribution in [0.25, 0.3) is 0 Å². The van der Waals surface area contributed by atoms with Crippen molar-refractivity contribution in [2.75, 3.05) is 0 Å². The molecule has 1 saturated carbocycles. The maximum atomic E-state index is 11.0. The van der Waals surface area contributed by atoms with Crippen LogP contribution in [-0.4, -0.2) is 23.2 Å². The number of amides is 1. The summed E-state index contributed by atoms with van der Waals surface area (Å²) in [5, 5.41) is 12.6. The Labute approximate surface area is 101 Å². The topological polar surface area (TPSA) is 75.4 Å². The Bertz CT molecular complexity index is 425. The van der Waals surface area contributed by atoms with Gasteiger partial charge < -0.3 is 16.2 Å². The Morgan fingerprint density at radius 1 is 1.53 bits per heavy atom. The number of primary amides is 1. The lowest BCUT2D eigenvalue weighted by Gasteiger charge is -2.32. The highest BCUT2D eigenvalue weighted by molar-refractivity contribution is 5.93. The number of hydrogen-bond acceptors (Lipinski definition) is 3. The van der Waals surface area contributed by atoms with E-state index in [0.29, 0.717) is 11.6 Å². The fourth-order valence-electron chi connectivity index (χ4n) is 2.06. The second kappa shape index (κ2) is 4.85. The number of aryl methyl sites for hydroxylation is 1. The Kier molecular flexibility index (Phi) is 3.45. The molecule has 1 aromatic rings. The third kappa shape index (κ3) is 2.84. The van der Waals surface area contributed by atoms with Crippen LogP contribution in [0.3, 0.4) is 0 Å². The molecule has 4 N–H and O–H groups in total. The van der Waals surface area contributed by atoms with Gasteiger partial charge in [-0.15, -0.1) is 0 Å². The number of nitrogens with two attached hydrogens (primary N) is 1. The summed E-state index contributed by atoms with van der Waals surface area (Å²) < 4.78 is 0. The number of benzene rings is 1. The van der Waals surface area contributed by atoms with Crippen LogP contribution in [0.2, 0.25) is 0 Å². The van der Waals surface area contributed by atoms with E-state index in [4.69, 9.17) is 5.73 Å². The average Bonchev–Trinajstić information content (AvgIpc) is 2.24. The molecule has 1 fully saturated rings. The van der Waals surface area contributed by atoms with E-state index in [0.717, 1.165) is 30.5 Å². The maximum Gasteiger partial charge on any atom is 0.248 e. The van der Waals surface area contributed by atoms with Gasteiger partial charge in [0, 0.05) is 18.2 Å². The first-order chi connectivity index (χ1) is 8.06. The van der Waals surface area contributed by atoms with Gasteiger partial charge in [0.05, 0.1) is 6.10 Å². The molecule has 0 unspecified atom stereocenters. The van der Waals surface area contributed by atoms with Gasteiger partial charge in [0.1, 0.15) is 0 Å². The second-order valence-electron chi connectivity index (χ2n) is 4.71. The van der Waals surface area contributed by atoms with Crippen molar-refractivity contribution in [3.8, 4) is 0 Å². The summed E-state index contributed by atoms with van der Waals surface area (Å²) in [6, 6.07) is 5.91. The molecule has 0 saturated heterocycles. The minimum absolute atomic E-state index is 0.133. The third-order valence-electron chi connectivity index (χ3n) is 3.32. The highest BCUT2D eigenvalue weighted by Gasteiger charge is 2.26. The van der Waals surface area contributed by atoms with E-state index >= 15 is 0 Å². The monoisotopic (exact) mass is 234 g/mol. The normalized spacial score (nSPS) is 23.2. The summed E-state index contributed by atoms with van der Waals surface area (Å²) in [5.41, 5.74) is 7.99. The van der Waals surface area contributed by atoms with Crippen LogP contribution in [0.15, 0.2) is 18.2 Å². The molecule has 0 bridgehead atoms. The number of hydrogen-bond donors (Lipinski definition) is 3. The van der Waals surface area contributed by atoms with Crippen LogP contribution in [0.4, 0.5) is 0 Å². The second-order valence-corrected chi connectivity index (χ2v) is 4.71. The minimum Gasteiger partial charge on any atom is -0.393 e. The summed E-state index contributed by atoms with van der Waals surface area (Å²) in [7, 11) is 0. The molecule has 4 heteroatoms. The van der Waals surface area contributed by atoms with Crippen molar-refractivity contribution in [3.05, 3.63) is 34.9 Å². The van der Waals surface area contributed by atoms with Crippen LogP contribution >= 0.6 is 0 Å². The van der Waals surface area contributed by atoms with Crippen molar-refractivity contribution in [3.63, 3.8) is 0 Å². The molecule has 0 atom stereocenters. The number of nitrogens with one attached hydrogen (secondary N) is 1. The first-order valence-corrected chi connectivity index (χ1v) is 5.87. The van der Waals surface area contributed by atoms with E-state index in [1.165, 1.54) is 0 Å². The zero-order chi connectivity index (χ0) is 12.4. The van der Waals surface area contributed by atoms with Crippen molar-refractivity contribution >= 4 is 5.91 Å². The summed E-state index contributed by atoms with van der Waals surface area (Å²) in [6.07, 6.45) is 1.53. The molecule has 2 rings (SSSR count). The van der Waals surface area contributed by atoms with E-state index < -0.39 is 5.91 Å². The van der Waals surface area contributed by atoms with Crippen LogP contribution in [-0.2, 0) is 6.54 Å². The van der Waals surface area contributed by atoms with E-state index in [2.05, 4.69) is 5.32 Å². The Morgan fingerprint density at radius 2 is 2.24 bits per heavy atom. The fraction of sp³-hybridized carbons (Fsp3) is 0.462. The number of carbonyl (C=O) groups is 1. The van der Waals surface area contributed by atoms with Gasteiger partial charge in [-0.2, -0.15) is 0 Å². The van der Waals surface area contributed by atoms with Gasteiger partial charge in [-0.25, -0.2) is 0 Å². The molecule has 92 valence electrons. The van der Waals surface area contributed by atoms with Gasteiger partial charge in [-0.3, -0.25) is 4.79 Å². The van der Waals surface area contributed by atoms with Crippen LogP contribution in [0.1, 0.15) is 34.3 Å². The van der Waals surface area contributed by atoms with Crippen molar-refractivity contribution in [2.24, 2.45) is 5.73 Å². The molecule has 0 heterocycles. The molecule has 1 aliphatic rings. The lowest BCUT2D eigenvalue weighted by atomic mass is 9.89. The van der Waals surface area contributed by atoms with E-state index in [1.54, 1.807) is 6.07 Å². The zero-order valence-electron chi connectivity index (χ0n) is 9.94. The highest BCUT2D eigenvalue weighted by Crippen LogP contribution is 2.20. The summed E-state index contributed by atoms with van der Waals surface area (Å²) >= 11 is 0. The predicted molar refractivity (Wildman–Crippen MR) is 65.6 cm³/mol. The molecule has 0 aromatic heterocycles. The number of aliphatic hydroxyl groups is 1. The Hall–Kier alpha value is -1.39. The smallest absolute Gasteiger partial charge is 0.248 e. The molecule has 1 aromatic carbocycles. The highest BCUT2D eigenvalue weighted by atomic mass is 16.3. The average molecular weight is 234 g/mol. The predicted octanol–water partition coefficient (Wildman–Crippen LogP) is 0.707. The van der Waals surface area contributed by atoms with Crippen LogP contribution in [0, 0.1) is 6.92 Å². The summed E-state index contributed by atoms with van der Waals surface area (Å²) in [5.74, 6) is -0.394. The first-order valence-electron chi connectivity index (χ1n) is 5.87. The summed E-state index contributed by atoms with van der Waals surface area (Å²) in [4.78, 5) is 11.0. The minimum atomic E-state index is -0.394. The molecular formula is C13H18N2O2. The molecule has 17 heavy (non-hydrogen) atoms. The molecular weight excluding hydrogens is 216 g/mol. The van der Waals surface area contributed by atoms with E-state index in [-0.39, 0.29) is 6.10 Å². The lowest BCUT2D eigenvalue weighted by molar-refractivity contribution is 0.0619. The third-order valence-corrected chi connectivity index (χ3v) is 3.32. The zero-order valence-corrected chi connectivity index (χ0v) is 9.94. The molecule has 0 radical (unpaired) electrons. The summed E-state index contributed by atoms with van der Waals surface area (Å²) in [6.45, 7) is 2.74. The van der Waals surface area contributed by atoms with Crippen molar-refractivity contribution in [1.29, 1.82) is 0 Å². The van der Waals surface area contributed by atoms with Gasteiger partial charge in [0.25, 0.3) is 0 Å². The number of rotatable bonds is 4. The van der Waals surface area contributed by atoms with Gasteiger partial charge >= 0.3 is 0 Å². The number of carbonyl (C=O) groups excluding carboxylic acids is 1. The van der Waals surface area contributed by atoms with Crippen molar-refractivity contribution < 1.29 is 9.90 Å². The quantitative estimate of drug-likeness (QED) is 0.718. The molecule has 1 amide bonds. The van der Waals surface area contributed by atoms with Crippen LogP contribution < -0.4 is 11.1 Å². The van der Waals surface area contributed by atoms with Gasteiger partial charge in [0.15, 0.2) is 0 Å². The largest absolute Gasteiger partial charge is 0.393 e. The first kappa shape index (κ1) is 12.1. The molecule has 1 aliphatic carbocycles. The SMILES string of the molecule is Cc1cc(C(N)=O)ccc1CNC1CC(O)C1. The maximum absolute atomic E-state index is 11.0. The Balaban J connectivity index is 1.94. The van der Waals surface area contributed by atoms with Crippen molar-refractivity contribution in [2.45, 2.75) is 38.5 Å². The lowest BCUT2D eigenvalue weighted by Crippen LogP contribution is -2.43. The van der Waals surface area contributed by atoms with E-state index in [1.807, 2.05) is 19.1 Å². The van der Waals surface area contributed by atoms with Crippen LogP contribution in [0.5, 0.6) is 0 Å². The molecule has 4 nitrogen and oxygen atoms in total. The van der Waals surface area contributed by atoms with Gasteiger partial charge in [-0.1, -0.05) is 6.07 Å². The standard InChI is InChI=1S/C13H18N2O2/c1-8-4-9(13(14)17)2-3-10(8)7-15-11-5-12(16)6-11/h2-4,11-12,15-16H,5-7H2,1H3,(H2,14,17). The fourth-order valence-corrected chi connectivity index (χ4v) is 2.06. The van der Waals surface area contributed by atoms with Gasteiger partial charge in [-0.05, 0) is 43.0 Å². The van der Waals surface area contributed by atoms with Crippen molar-refractivity contribution in [1.82, 2.24) is 5.32 Å². The molecule has 0 aliphatic heterocycles. The van der Waals surface area contributed by atoms with E-state index in [9.17, 15) is 9.90 Å². The molecule has 0 spiro atoms. The number of aliphatic hydroxyl groups excluding tert-OH is 1. The van der Waals surface area contributed by atoms with Gasteiger partial charge in [0.2, 0.25) is 5.91 Å².